The topological polar surface area (TPSA) is 48.6 Å². The van der Waals surface area contributed by atoms with Gasteiger partial charge in [-0.3, -0.25) is 4.90 Å². The summed E-state index contributed by atoms with van der Waals surface area (Å²) in [4.78, 5) is 11.4. The largest absolute Gasteiger partial charge is 0.389 e. The maximum absolute atomic E-state index is 5.71. The zero-order chi connectivity index (χ0) is 12.3. The zero-order valence-corrected chi connectivity index (χ0v) is 11.4. The second-order valence-electron chi connectivity index (χ2n) is 4.68. The average molecular weight is 255 g/mol. The Bertz CT molecular complexity index is 343. The molecule has 6 heteroatoms. The fourth-order valence-electron chi connectivity index (χ4n) is 1.93. The molecule has 1 aromatic heterocycles. The summed E-state index contributed by atoms with van der Waals surface area (Å²) in [6.07, 6.45) is 1.75. The van der Waals surface area contributed by atoms with Gasteiger partial charge in [0.15, 0.2) is 5.13 Å². The number of thiazole rings is 1. The molecule has 1 aliphatic heterocycles. The Balaban J connectivity index is 1.78. The van der Waals surface area contributed by atoms with E-state index in [1.165, 1.54) is 0 Å². The predicted octanol–water partition coefficient (Wildman–Crippen LogP) is 0.409. The first-order valence-electron chi connectivity index (χ1n) is 5.98. The highest BCUT2D eigenvalue weighted by molar-refractivity contribution is 7.19. The summed E-state index contributed by atoms with van der Waals surface area (Å²) >= 11 is 1.58. The van der Waals surface area contributed by atoms with E-state index >= 15 is 0 Å². The average Bonchev–Trinajstić information content (AvgIpc) is 2.74. The number of piperazine rings is 1. The molecule has 17 heavy (non-hydrogen) atoms. The number of nitrogens with zero attached hydrogens (tertiary/aromatic N) is 4. The van der Waals surface area contributed by atoms with Crippen LogP contribution in [0, 0.1) is 0 Å². The molecule has 1 aromatic rings. The van der Waals surface area contributed by atoms with Crippen molar-refractivity contribution in [1.29, 1.82) is 0 Å². The number of hydrogen-bond donors (Lipinski definition) is 1. The number of rotatable bonds is 4. The van der Waals surface area contributed by atoms with Crippen molar-refractivity contribution in [3.63, 3.8) is 0 Å². The molecule has 1 saturated heterocycles. The summed E-state index contributed by atoms with van der Waals surface area (Å²) in [7, 11) is 4.24. The molecule has 2 N–H and O–H groups in total. The Morgan fingerprint density at radius 2 is 2.06 bits per heavy atom. The number of nitrogen functional groups attached to an aromatic ring is 1. The summed E-state index contributed by atoms with van der Waals surface area (Å²) in [5.41, 5.74) is 5.71. The molecule has 5 nitrogen and oxygen atoms in total. The summed E-state index contributed by atoms with van der Waals surface area (Å²) in [6, 6.07) is 0. The highest BCUT2D eigenvalue weighted by Gasteiger charge is 2.18. The lowest BCUT2D eigenvalue weighted by atomic mass is 10.3. The van der Waals surface area contributed by atoms with E-state index in [0.717, 1.165) is 49.4 Å². The third-order valence-electron chi connectivity index (χ3n) is 3.02. The van der Waals surface area contributed by atoms with Crippen LogP contribution in [0.1, 0.15) is 0 Å². The Kier molecular flexibility index (Phi) is 4.20. The zero-order valence-electron chi connectivity index (χ0n) is 10.6. The molecule has 0 atom stereocenters. The first-order valence-corrected chi connectivity index (χ1v) is 6.80. The van der Waals surface area contributed by atoms with Crippen LogP contribution in [0.3, 0.4) is 0 Å². The van der Waals surface area contributed by atoms with Crippen LogP contribution in [-0.2, 0) is 0 Å². The van der Waals surface area contributed by atoms with Crippen molar-refractivity contribution < 1.29 is 0 Å². The summed E-state index contributed by atoms with van der Waals surface area (Å²) in [6.45, 7) is 6.63. The van der Waals surface area contributed by atoms with Crippen LogP contribution in [0.15, 0.2) is 6.20 Å². The van der Waals surface area contributed by atoms with E-state index in [1.807, 2.05) is 0 Å². The molecule has 1 fully saturated rings. The molecule has 0 unspecified atom stereocenters. The smallest absolute Gasteiger partial charge is 0.187 e. The first-order chi connectivity index (χ1) is 8.15. The molecule has 0 spiro atoms. The molecule has 2 rings (SSSR count). The lowest BCUT2D eigenvalue weighted by molar-refractivity contribution is 0.229. The van der Waals surface area contributed by atoms with Gasteiger partial charge >= 0.3 is 0 Å². The summed E-state index contributed by atoms with van der Waals surface area (Å²) in [5.74, 6) is 0. The highest BCUT2D eigenvalue weighted by atomic mass is 32.1. The lowest BCUT2D eigenvalue weighted by Crippen LogP contribution is -2.48. The second-order valence-corrected chi connectivity index (χ2v) is 5.72. The Labute approximate surface area is 107 Å². The van der Waals surface area contributed by atoms with Gasteiger partial charge in [0, 0.05) is 39.3 Å². The van der Waals surface area contributed by atoms with Gasteiger partial charge in [-0.2, -0.15) is 0 Å². The first kappa shape index (κ1) is 12.6. The molecular formula is C11H21N5S. The van der Waals surface area contributed by atoms with Gasteiger partial charge in [0.05, 0.1) is 6.20 Å². The van der Waals surface area contributed by atoms with Gasteiger partial charge in [0.25, 0.3) is 0 Å². The standard InChI is InChI=1S/C11H21N5S/c1-14(2)3-4-15-5-7-16(8-6-15)11-13-9-10(12)17-11/h9H,3-8,12H2,1-2H3. The van der Waals surface area contributed by atoms with Crippen molar-refractivity contribution in [2.24, 2.45) is 0 Å². The Morgan fingerprint density at radius 1 is 1.35 bits per heavy atom. The van der Waals surface area contributed by atoms with Gasteiger partial charge in [0.2, 0.25) is 0 Å². The number of aromatic nitrogens is 1. The number of likely N-dealkylation sites (N-methyl/N-ethyl adjacent to an activating group) is 1. The van der Waals surface area contributed by atoms with Crippen LogP contribution in [0.2, 0.25) is 0 Å². The minimum Gasteiger partial charge on any atom is -0.389 e. The van der Waals surface area contributed by atoms with E-state index in [4.69, 9.17) is 5.73 Å². The van der Waals surface area contributed by atoms with E-state index in [1.54, 1.807) is 17.5 Å². The minimum atomic E-state index is 0.801. The van der Waals surface area contributed by atoms with Crippen molar-refractivity contribution in [2.75, 3.05) is 64.0 Å². The van der Waals surface area contributed by atoms with E-state index in [0.29, 0.717) is 0 Å². The monoisotopic (exact) mass is 255 g/mol. The fraction of sp³-hybridized carbons (Fsp3) is 0.727. The molecule has 0 bridgehead atoms. The van der Waals surface area contributed by atoms with E-state index in [9.17, 15) is 0 Å². The molecule has 0 radical (unpaired) electrons. The van der Waals surface area contributed by atoms with Crippen molar-refractivity contribution in [2.45, 2.75) is 0 Å². The van der Waals surface area contributed by atoms with Crippen molar-refractivity contribution in [1.82, 2.24) is 14.8 Å². The van der Waals surface area contributed by atoms with Crippen molar-refractivity contribution >= 4 is 21.5 Å². The maximum atomic E-state index is 5.71. The van der Waals surface area contributed by atoms with E-state index in [-0.39, 0.29) is 0 Å². The summed E-state index contributed by atoms with van der Waals surface area (Å²) < 4.78 is 0. The van der Waals surface area contributed by atoms with Crippen molar-refractivity contribution in [3.05, 3.63) is 6.20 Å². The number of hydrogen-bond acceptors (Lipinski definition) is 6. The van der Waals surface area contributed by atoms with Gasteiger partial charge < -0.3 is 15.5 Å². The Hall–Kier alpha value is -0.850. The third-order valence-corrected chi connectivity index (χ3v) is 3.90. The molecule has 0 aliphatic carbocycles. The second kappa shape index (κ2) is 5.66. The van der Waals surface area contributed by atoms with Crippen LogP contribution >= 0.6 is 11.3 Å². The number of anilines is 2. The van der Waals surface area contributed by atoms with Gasteiger partial charge in [0.1, 0.15) is 5.00 Å². The highest BCUT2D eigenvalue weighted by Crippen LogP contribution is 2.24. The molecule has 0 saturated carbocycles. The molecule has 2 heterocycles. The minimum absolute atomic E-state index is 0.801. The fourth-order valence-corrected chi connectivity index (χ4v) is 2.66. The summed E-state index contributed by atoms with van der Waals surface area (Å²) in [5, 5.41) is 1.87. The predicted molar refractivity (Wildman–Crippen MR) is 73.7 cm³/mol. The number of nitrogens with two attached hydrogens (primary N) is 1. The Morgan fingerprint density at radius 3 is 2.59 bits per heavy atom. The quantitative estimate of drug-likeness (QED) is 0.844. The lowest BCUT2D eigenvalue weighted by Gasteiger charge is -2.34. The van der Waals surface area contributed by atoms with Crippen LogP contribution in [0.25, 0.3) is 0 Å². The van der Waals surface area contributed by atoms with Gasteiger partial charge in [-0.05, 0) is 14.1 Å². The molecule has 0 amide bonds. The van der Waals surface area contributed by atoms with Crippen molar-refractivity contribution in [3.8, 4) is 0 Å². The van der Waals surface area contributed by atoms with Crippen LogP contribution in [0.4, 0.5) is 10.1 Å². The van der Waals surface area contributed by atoms with E-state index in [2.05, 4.69) is 33.8 Å². The van der Waals surface area contributed by atoms with Crippen LogP contribution in [0.5, 0.6) is 0 Å². The maximum Gasteiger partial charge on any atom is 0.187 e. The normalized spacial score (nSPS) is 17.9. The van der Waals surface area contributed by atoms with Gasteiger partial charge in [-0.25, -0.2) is 4.98 Å². The van der Waals surface area contributed by atoms with E-state index < -0.39 is 0 Å². The third kappa shape index (κ3) is 3.55. The van der Waals surface area contributed by atoms with Gasteiger partial charge in [-0.1, -0.05) is 11.3 Å². The molecular weight excluding hydrogens is 234 g/mol. The SMILES string of the molecule is CN(C)CCN1CCN(c2ncc(N)s2)CC1. The molecule has 1 aliphatic rings. The molecule has 0 aromatic carbocycles. The molecule has 96 valence electrons. The van der Waals surface area contributed by atoms with Crippen LogP contribution in [-0.4, -0.2) is 68.1 Å². The van der Waals surface area contributed by atoms with Crippen LogP contribution < -0.4 is 10.6 Å². The van der Waals surface area contributed by atoms with Gasteiger partial charge in [-0.15, -0.1) is 0 Å².